The van der Waals surface area contributed by atoms with Crippen LogP contribution in [0, 0.1) is 0 Å². The number of ether oxygens (including phenoxy) is 1. The molecule has 2 aliphatic heterocycles. The zero-order valence-corrected chi connectivity index (χ0v) is 14.9. The van der Waals surface area contributed by atoms with E-state index in [0.29, 0.717) is 5.92 Å². The number of likely N-dealkylation sites (tertiary alicyclic amines) is 1. The summed E-state index contributed by atoms with van der Waals surface area (Å²) < 4.78 is 5.72. The van der Waals surface area contributed by atoms with Gasteiger partial charge in [0.05, 0.1) is 6.61 Å². The van der Waals surface area contributed by atoms with Crippen LogP contribution in [-0.4, -0.2) is 44.1 Å². The van der Waals surface area contributed by atoms with E-state index in [2.05, 4.69) is 33.4 Å². The van der Waals surface area contributed by atoms with Gasteiger partial charge >= 0.3 is 0 Å². The van der Waals surface area contributed by atoms with Crippen LogP contribution in [0.5, 0.6) is 5.75 Å². The molecule has 0 bridgehead atoms. The Morgan fingerprint density at radius 3 is 2.86 bits per heavy atom. The van der Waals surface area contributed by atoms with Crippen LogP contribution < -0.4 is 10.1 Å². The van der Waals surface area contributed by atoms with Crippen molar-refractivity contribution in [3.8, 4) is 5.75 Å². The number of para-hydroxylation sites is 1. The van der Waals surface area contributed by atoms with Gasteiger partial charge in [0.1, 0.15) is 5.75 Å². The maximum absolute atomic E-state index is 5.72. The molecule has 1 unspecified atom stereocenters. The summed E-state index contributed by atoms with van der Waals surface area (Å²) in [6.07, 6.45) is 3.63. The summed E-state index contributed by atoms with van der Waals surface area (Å²) in [5.41, 5.74) is 1.32. The number of halogens is 1. The topological polar surface area (TPSA) is 36.9 Å². The molecule has 0 amide bonds. The number of aliphatic imine (C=N–C) groups is 1. The van der Waals surface area contributed by atoms with Crippen LogP contribution in [0.2, 0.25) is 0 Å². The molecule has 1 N–H and O–H groups in total. The molecule has 5 heteroatoms. The predicted octanol–water partition coefficient (Wildman–Crippen LogP) is 2.84. The van der Waals surface area contributed by atoms with Crippen molar-refractivity contribution >= 4 is 29.9 Å². The SMILES string of the molecule is CN=C(NCC1CCOc2ccccc21)N1CCCC1.I. The lowest BCUT2D eigenvalue weighted by atomic mass is 9.93. The van der Waals surface area contributed by atoms with Crippen molar-refractivity contribution in [2.24, 2.45) is 4.99 Å². The van der Waals surface area contributed by atoms with Gasteiger partial charge < -0.3 is 15.0 Å². The molecule has 0 aromatic heterocycles. The second kappa shape index (κ2) is 7.87. The van der Waals surface area contributed by atoms with E-state index in [0.717, 1.165) is 44.4 Å². The molecule has 4 nitrogen and oxygen atoms in total. The number of guanidine groups is 1. The summed E-state index contributed by atoms with van der Waals surface area (Å²) in [6.45, 7) is 4.00. The second-order valence-electron chi connectivity index (χ2n) is 5.49. The Morgan fingerprint density at radius 1 is 1.33 bits per heavy atom. The third-order valence-corrected chi connectivity index (χ3v) is 4.21. The van der Waals surface area contributed by atoms with Crippen LogP contribution in [-0.2, 0) is 0 Å². The minimum absolute atomic E-state index is 0. The number of hydrogen-bond acceptors (Lipinski definition) is 2. The summed E-state index contributed by atoms with van der Waals surface area (Å²) in [7, 11) is 1.87. The molecule has 21 heavy (non-hydrogen) atoms. The van der Waals surface area contributed by atoms with Crippen LogP contribution in [0.1, 0.15) is 30.7 Å². The van der Waals surface area contributed by atoms with E-state index >= 15 is 0 Å². The van der Waals surface area contributed by atoms with Gasteiger partial charge in [-0.3, -0.25) is 4.99 Å². The van der Waals surface area contributed by atoms with Crippen LogP contribution in [0.3, 0.4) is 0 Å². The summed E-state index contributed by atoms with van der Waals surface area (Å²) in [5, 5.41) is 3.54. The number of nitrogens with zero attached hydrogens (tertiary/aromatic N) is 2. The van der Waals surface area contributed by atoms with E-state index in [4.69, 9.17) is 4.74 Å². The number of nitrogens with one attached hydrogen (secondary N) is 1. The summed E-state index contributed by atoms with van der Waals surface area (Å²) in [4.78, 5) is 6.76. The lowest BCUT2D eigenvalue weighted by Gasteiger charge is -2.28. The first-order chi connectivity index (χ1) is 9.88. The molecule has 2 heterocycles. The zero-order chi connectivity index (χ0) is 13.8. The number of hydrogen-bond donors (Lipinski definition) is 1. The minimum atomic E-state index is 0. The number of rotatable bonds is 2. The summed E-state index contributed by atoms with van der Waals surface area (Å²) >= 11 is 0. The molecule has 0 aliphatic carbocycles. The van der Waals surface area contributed by atoms with Crippen LogP contribution >= 0.6 is 24.0 Å². The van der Waals surface area contributed by atoms with Crippen molar-refractivity contribution in [3.05, 3.63) is 29.8 Å². The van der Waals surface area contributed by atoms with E-state index in [1.54, 1.807) is 0 Å². The fraction of sp³-hybridized carbons (Fsp3) is 0.562. The average molecular weight is 401 g/mol. The lowest BCUT2D eigenvalue weighted by Crippen LogP contribution is -2.41. The summed E-state index contributed by atoms with van der Waals surface area (Å²) in [6, 6.07) is 8.38. The fourth-order valence-corrected chi connectivity index (χ4v) is 3.10. The van der Waals surface area contributed by atoms with Gasteiger partial charge in [-0.15, -0.1) is 24.0 Å². The molecule has 1 aromatic carbocycles. The van der Waals surface area contributed by atoms with Crippen molar-refractivity contribution in [1.29, 1.82) is 0 Å². The third kappa shape index (κ3) is 3.81. The van der Waals surface area contributed by atoms with Gasteiger partial charge in [0, 0.05) is 32.6 Å². The monoisotopic (exact) mass is 401 g/mol. The minimum Gasteiger partial charge on any atom is -0.493 e. The van der Waals surface area contributed by atoms with Crippen molar-refractivity contribution in [1.82, 2.24) is 10.2 Å². The third-order valence-electron chi connectivity index (χ3n) is 4.21. The lowest BCUT2D eigenvalue weighted by molar-refractivity contribution is 0.266. The van der Waals surface area contributed by atoms with E-state index < -0.39 is 0 Å². The Labute approximate surface area is 144 Å². The molecule has 1 atom stereocenters. The molecule has 3 rings (SSSR count). The van der Waals surface area contributed by atoms with Crippen LogP contribution in [0.4, 0.5) is 0 Å². The average Bonchev–Trinajstić information content (AvgIpc) is 3.02. The highest BCUT2D eigenvalue weighted by Crippen LogP contribution is 2.32. The predicted molar refractivity (Wildman–Crippen MR) is 96.9 cm³/mol. The van der Waals surface area contributed by atoms with Gasteiger partial charge in [0.15, 0.2) is 5.96 Å². The molecule has 0 radical (unpaired) electrons. The molecule has 1 aromatic rings. The second-order valence-corrected chi connectivity index (χ2v) is 5.49. The van der Waals surface area contributed by atoms with Gasteiger partial charge in [0.2, 0.25) is 0 Å². The van der Waals surface area contributed by atoms with Gasteiger partial charge in [0.25, 0.3) is 0 Å². The summed E-state index contributed by atoms with van der Waals surface area (Å²) in [5.74, 6) is 2.60. The normalized spacial score (nSPS) is 21.3. The molecular weight excluding hydrogens is 377 g/mol. The smallest absolute Gasteiger partial charge is 0.193 e. The standard InChI is InChI=1S/C16H23N3O.HI/c1-17-16(19-9-4-5-10-19)18-12-13-8-11-20-15-7-3-2-6-14(13)15;/h2-3,6-7,13H,4-5,8-12H2,1H3,(H,17,18);1H. The van der Waals surface area contributed by atoms with Gasteiger partial charge in [-0.05, 0) is 30.9 Å². The molecule has 116 valence electrons. The van der Waals surface area contributed by atoms with Crippen molar-refractivity contribution in [2.45, 2.75) is 25.2 Å². The number of fused-ring (bicyclic) bond motifs is 1. The maximum Gasteiger partial charge on any atom is 0.193 e. The van der Waals surface area contributed by atoms with Crippen molar-refractivity contribution in [2.75, 3.05) is 33.3 Å². The van der Waals surface area contributed by atoms with E-state index in [1.807, 2.05) is 13.1 Å². The first-order valence-electron chi connectivity index (χ1n) is 7.56. The fourth-order valence-electron chi connectivity index (χ4n) is 3.10. The highest BCUT2D eigenvalue weighted by molar-refractivity contribution is 14.0. The highest BCUT2D eigenvalue weighted by Gasteiger charge is 2.22. The largest absolute Gasteiger partial charge is 0.493 e. The molecular formula is C16H24IN3O. The number of benzene rings is 1. The zero-order valence-electron chi connectivity index (χ0n) is 12.5. The van der Waals surface area contributed by atoms with E-state index in [1.165, 1.54) is 18.4 Å². The first kappa shape index (κ1) is 16.4. The molecule has 1 fully saturated rings. The van der Waals surface area contributed by atoms with Crippen molar-refractivity contribution < 1.29 is 4.74 Å². The first-order valence-corrected chi connectivity index (χ1v) is 7.56. The molecule has 1 saturated heterocycles. The van der Waals surface area contributed by atoms with Crippen LogP contribution in [0.25, 0.3) is 0 Å². The Bertz CT molecular complexity index is 486. The Kier molecular flexibility index (Phi) is 6.14. The Balaban J connectivity index is 0.00000161. The van der Waals surface area contributed by atoms with E-state index in [-0.39, 0.29) is 24.0 Å². The quantitative estimate of drug-likeness (QED) is 0.471. The Morgan fingerprint density at radius 2 is 2.10 bits per heavy atom. The van der Waals surface area contributed by atoms with Crippen molar-refractivity contribution in [3.63, 3.8) is 0 Å². The molecule has 0 spiro atoms. The van der Waals surface area contributed by atoms with Gasteiger partial charge in [-0.25, -0.2) is 0 Å². The van der Waals surface area contributed by atoms with Crippen LogP contribution in [0.15, 0.2) is 29.3 Å². The Hall–Kier alpha value is -0.980. The van der Waals surface area contributed by atoms with E-state index in [9.17, 15) is 0 Å². The maximum atomic E-state index is 5.72. The molecule has 0 saturated carbocycles. The highest BCUT2D eigenvalue weighted by atomic mass is 127. The van der Waals surface area contributed by atoms with Gasteiger partial charge in [-0.1, -0.05) is 18.2 Å². The van der Waals surface area contributed by atoms with Gasteiger partial charge in [-0.2, -0.15) is 0 Å². The molecule has 2 aliphatic rings.